The van der Waals surface area contributed by atoms with Gasteiger partial charge in [0.1, 0.15) is 12.4 Å². The summed E-state index contributed by atoms with van der Waals surface area (Å²) in [6.45, 7) is 2.29. The van der Waals surface area contributed by atoms with Crippen molar-refractivity contribution in [2.24, 2.45) is 5.10 Å². The molecule has 6 nitrogen and oxygen atoms in total. The number of phenolic OH excluding ortho intramolecular Hbond substituents is 1. The molecule has 0 atom stereocenters. The number of hydrogen-bond acceptors (Lipinski definition) is 5. The molecule has 1 amide bonds. The maximum absolute atomic E-state index is 12.4. The van der Waals surface area contributed by atoms with Gasteiger partial charge in [0.15, 0.2) is 11.5 Å². The highest BCUT2D eigenvalue weighted by Gasteiger charge is 2.13. The Kier molecular flexibility index (Phi) is 6.79. The van der Waals surface area contributed by atoms with E-state index in [1.807, 2.05) is 31.2 Å². The first-order valence-electron chi connectivity index (χ1n) is 9.11. The highest BCUT2D eigenvalue weighted by Crippen LogP contribution is 2.36. The van der Waals surface area contributed by atoms with E-state index in [4.69, 9.17) is 27.5 Å². The first-order chi connectivity index (χ1) is 14.5. The number of carbonyl (C=O) groups excluding carboxylic acids is 1. The van der Waals surface area contributed by atoms with Gasteiger partial charge < -0.3 is 14.6 Å². The standard InChI is InChI=1S/C23H19ClN2O4/c1-3-9-30-22-19(24)10-15(11-21(22)29-4-2)14-25-26-23(28)18-12-16-7-5-6-8-17(16)13-20(18)27/h1,5-8,10-14,27H,4,9H2,2H3,(H,26,28). The van der Waals surface area contributed by atoms with Gasteiger partial charge in [0.2, 0.25) is 0 Å². The molecule has 30 heavy (non-hydrogen) atoms. The van der Waals surface area contributed by atoms with Gasteiger partial charge in [-0.15, -0.1) is 6.42 Å². The van der Waals surface area contributed by atoms with Crippen LogP contribution in [0.1, 0.15) is 22.8 Å². The normalized spacial score (nSPS) is 10.7. The van der Waals surface area contributed by atoms with E-state index in [1.165, 1.54) is 12.3 Å². The molecule has 0 aliphatic carbocycles. The predicted octanol–water partition coefficient (Wildman–Crippen LogP) is 4.37. The minimum Gasteiger partial charge on any atom is -0.507 e. The molecular weight excluding hydrogens is 404 g/mol. The second kappa shape index (κ2) is 9.68. The Hall–Kier alpha value is -3.69. The molecule has 0 heterocycles. The minimum atomic E-state index is -0.542. The van der Waals surface area contributed by atoms with Crippen LogP contribution in [-0.2, 0) is 0 Å². The van der Waals surface area contributed by atoms with Crippen molar-refractivity contribution in [2.45, 2.75) is 6.92 Å². The number of fused-ring (bicyclic) bond motifs is 1. The predicted molar refractivity (Wildman–Crippen MR) is 118 cm³/mol. The van der Waals surface area contributed by atoms with Crippen LogP contribution in [0.5, 0.6) is 17.2 Å². The molecule has 0 radical (unpaired) electrons. The van der Waals surface area contributed by atoms with Crippen molar-refractivity contribution in [1.82, 2.24) is 5.43 Å². The summed E-state index contributed by atoms with van der Waals surface area (Å²) >= 11 is 6.26. The maximum atomic E-state index is 12.4. The van der Waals surface area contributed by atoms with E-state index in [0.29, 0.717) is 28.7 Å². The lowest BCUT2D eigenvalue weighted by Gasteiger charge is -2.12. The van der Waals surface area contributed by atoms with E-state index in [9.17, 15) is 9.90 Å². The molecule has 0 spiro atoms. The third kappa shape index (κ3) is 4.83. The maximum Gasteiger partial charge on any atom is 0.275 e. The van der Waals surface area contributed by atoms with Gasteiger partial charge in [-0.2, -0.15) is 5.10 Å². The summed E-state index contributed by atoms with van der Waals surface area (Å²) < 4.78 is 11.0. The van der Waals surface area contributed by atoms with Crippen LogP contribution < -0.4 is 14.9 Å². The average Bonchev–Trinajstić information content (AvgIpc) is 2.73. The highest BCUT2D eigenvalue weighted by atomic mass is 35.5. The molecule has 0 fully saturated rings. The van der Waals surface area contributed by atoms with Crippen LogP contribution in [0.3, 0.4) is 0 Å². The number of halogens is 1. The second-order valence-corrected chi connectivity index (χ2v) is 6.58. The lowest BCUT2D eigenvalue weighted by molar-refractivity contribution is 0.0952. The molecule has 0 bridgehead atoms. The molecule has 7 heteroatoms. The van der Waals surface area contributed by atoms with Crippen LogP contribution in [0.15, 0.2) is 53.6 Å². The Morgan fingerprint density at radius 2 is 1.97 bits per heavy atom. The molecule has 0 aromatic heterocycles. The number of nitrogens with one attached hydrogen (secondary N) is 1. The number of amides is 1. The van der Waals surface area contributed by atoms with Crippen molar-refractivity contribution in [2.75, 3.05) is 13.2 Å². The number of phenols is 1. The molecule has 0 saturated heterocycles. The third-order valence-electron chi connectivity index (χ3n) is 4.12. The largest absolute Gasteiger partial charge is 0.507 e. The average molecular weight is 423 g/mol. The fraction of sp³-hybridized carbons (Fsp3) is 0.130. The van der Waals surface area contributed by atoms with Crippen LogP contribution in [0.25, 0.3) is 10.8 Å². The Morgan fingerprint density at radius 1 is 1.23 bits per heavy atom. The number of benzene rings is 3. The van der Waals surface area contributed by atoms with Gasteiger partial charge in [0.05, 0.1) is 23.4 Å². The van der Waals surface area contributed by atoms with Crippen LogP contribution in [0, 0.1) is 12.3 Å². The summed E-state index contributed by atoms with van der Waals surface area (Å²) in [5.74, 6) is 2.47. The first kappa shape index (κ1) is 21.0. The lowest BCUT2D eigenvalue weighted by Crippen LogP contribution is -2.17. The number of nitrogens with zero attached hydrogens (tertiary/aromatic N) is 1. The molecule has 3 aromatic carbocycles. The summed E-state index contributed by atoms with van der Waals surface area (Å²) in [5.41, 5.74) is 3.11. The fourth-order valence-corrected chi connectivity index (χ4v) is 3.09. The zero-order valence-electron chi connectivity index (χ0n) is 16.2. The summed E-state index contributed by atoms with van der Waals surface area (Å²) in [7, 11) is 0. The molecule has 3 rings (SSSR count). The van der Waals surface area contributed by atoms with Gasteiger partial charge >= 0.3 is 0 Å². The summed E-state index contributed by atoms with van der Waals surface area (Å²) in [6, 6.07) is 13.9. The third-order valence-corrected chi connectivity index (χ3v) is 4.40. The quantitative estimate of drug-likeness (QED) is 0.336. The molecular formula is C23H19ClN2O4. The van der Waals surface area contributed by atoms with E-state index >= 15 is 0 Å². The number of terminal acetylenes is 1. The van der Waals surface area contributed by atoms with E-state index in [0.717, 1.165) is 10.8 Å². The van der Waals surface area contributed by atoms with E-state index in [2.05, 4.69) is 16.4 Å². The number of hydrogen-bond donors (Lipinski definition) is 2. The Balaban J connectivity index is 1.78. The Morgan fingerprint density at radius 3 is 2.67 bits per heavy atom. The van der Waals surface area contributed by atoms with E-state index < -0.39 is 5.91 Å². The number of ether oxygens (including phenoxy) is 2. The van der Waals surface area contributed by atoms with Gasteiger partial charge in [-0.25, -0.2) is 5.43 Å². The molecule has 0 unspecified atom stereocenters. The molecule has 152 valence electrons. The van der Waals surface area contributed by atoms with Crippen LogP contribution >= 0.6 is 11.6 Å². The van der Waals surface area contributed by atoms with Crippen molar-refractivity contribution in [3.63, 3.8) is 0 Å². The van der Waals surface area contributed by atoms with Crippen LogP contribution in [0.2, 0.25) is 5.02 Å². The van der Waals surface area contributed by atoms with Gasteiger partial charge in [0.25, 0.3) is 5.91 Å². The zero-order chi connectivity index (χ0) is 21.5. The fourth-order valence-electron chi connectivity index (χ4n) is 2.82. The Bertz CT molecular complexity index is 1150. The lowest BCUT2D eigenvalue weighted by atomic mass is 10.1. The molecule has 3 aromatic rings. The smallest absolute Gasteiger partial charge is 0.275 e. The highest BCUT2D eigenvalue weighted by molar-refractivity contribution is 6.32. The Labute approximate surface area is 179 Å². The van der Waals surface area contributed by atoms with E-state index in [1.54, 1.807) is 18.2 Å². The topological polar surface area (TPSA) is 80.2 Å². The van der Waals surface area contributed by atoms with E-state index in [-0.39, 0.29) is 17.9 Å². The molecule has 0 aliphatic heterocycles. The monoisotopic (exact) mass is 422 g/mol. The zero-order valence-corrected chi connectivity index (χ0v) is 16.9. The summed E-state index contributed by atoms with van der Waals surface area (Å²) in [5, 5.41) is 16.1. The molecule has 0 aliphatic rings. The van der Waals surface area contributed by atoms with Gasteiger partial charge in [0, 0.05) is 0 Å². The van der Waals surface area contributed by atoms with Crippen molar-refractivity contribution in [3.8, 4) is 29.6 Å². The number of carbonyl (C=O) groups is 1. The summed E-state index contributed by atoms with van der Waals surface area (Å²) in [4.78, 5) is 12.4. The molecule has 2 N–H and O–H groups in total. The first-order valence-corrected chi connectivity index (χ1v) is 9.49. The van der Waals surface area contributed by atoms with Crippen molar-refractivity contribution >= 4 is 34.5 Å². The minimum absolute atomic E-state index is 0.0541. The number of rotatable bonds is 7. The van der Waals surface area contributed by atoms with Crippen LogP contribution in [0.4, 0.5) is 0 Å². The number of aromatic hydroxyl groups is 1. The summed E-state index contributed by atoms with van der Waals surface area (Å²) in [6.07, 6.45) is 6.64. The SMILES string of the molecule is C#CCOc1c(Cl)cc(C=NNC(=O)c2cc3ccccc3cc2O)cc1OCC. The van der Waals surface area contributed by atoms with Gasteiger partial charge in [-0.05, 0) is 47.5 Å². The van der Waals surface area contributed by atoms with Crippen molar-refractivity contribution in [3.05, 3.63) is 64.7 Å². The molecule has 0 saturated carbocycles. The second-order valence-electron chi connectivity index (χ2n) is 6.17. The van der Waals surface area contributed by atoms with Gasteiger partial charge in [-0.1, -0.05) is 41.8 Å². The van der Waals surface area contributed by atoms with Crippen molar-refractivity contribution in [1.29, 1.82) is 0 Å². The van der Waals surface area contributed by atoms with Gasteiger partial charge in [-0.3, -0.25) is 4.79 Å². The van der Waals surface area contributed by atoms with Crippen molar-refractivity contribution < 1.29 is 19.4 Å². The van der Waals surface area contributed by atoms with Crippen LogP contribution in [-0.4, -0.2) is 30.4 Å². The number of hydrazone groups is 1.